The van der Waals surface area contributed by atoms with Crippen molar-refractivity contribution >= 4 is 34.3 Å². The molecular weight excluding hydrogens is 213 g/mol. The van der Waals surface area contributed by atoms with E-state index in [9.17, 15) is 4.79 Å². The molecule has 3 nitrogen and oxygen atoms in total. The van der Waals surface area contributed by atoms with Crippen molar-refractivity contribution in [1.82, 2.24) is 0 Å². The Bertz CT molecular complexity index is 328. The minimum absolute atomic E-state index is 0.422. The maximum Gasteiger partial charge on any atom is 0.318 e. The van der Waals surface area contributed by atoms with Crippen LogP contribution in [0.25, 0.3) is 0 Å². The summed E-state index contributed by atoms with van der Waals surface area (Å²) < 4.78 is 4.93. The summed E-state index contributed by atoms with van der Waals surface area (Å²) in [6.45, 7) is 0. The van der Waals surface area contributed by atoms with Crippen LogP contribution in [0.4, 0.5) is 10.5 Å². The van der Waals surface area contributed by atoms with Crippen LogP contribution in [0.3, 0.4) is 0 Å². The highest BCUT2D eigenvalue weighted by Crippen LogP contribution is 2.27. The first-order valence-electron chi connectivity index (χ1n) is 3.43. The molecule has 0 saturated carbocycles. The summed E-state index contributed by atoms with van der Waals surface area (Å²) in [5, 5.41) is 2.15. The molecule has 1 rings (SSSR count). The summed E-state index contributed by atoms with van der Waals surface area (Å²) in [7, 11) is 1.51. The molecule has 70 valence electrons. The van der Waals surface area contributed by atoms with Crippen LogP contribution in [-0.2, 0) is 0 Å². The van der Waals surface area contributed by atoms with Crippen LogP contribution in [0.5, 0.6) is 5.75 Å². The third kappa shape index (κ3) is 2.79. The molecule has 0 atom stereocenters. The van der Waals surface area contributed by atoms with Gasteiger partial charge in [-0.3, -0.25) is 4.79 Å². The Kier molecular flexibility index (Phi) is 3.39. The molecule has 0 aliphatic carbocycles. The lowest BCUT2D eigenvalue weighted by Gasteiger charge is -2.05. The summed E-state index contributed by atoms with van der Waals surface area (Å²) in [5.74, 6) is 0.550. The summed E-state index contributed by atoms with van der Waals surface area (Å²) in [6.07, 6.45) is 0. The van der Waals surface area contributed by atoms with Crippen LogP contribution < -0.4 is 10.1 Å². The van der Waals surface area contributed by atoms with Crippen LogP contribution >= 0.6 is 23.2 Å². The molecule has 0 aromatic heterocycles. The van der Waals surface area contributed by atoms with E-state index in [-0.39, 0.29) is 0 Å². The van der Waals surface area contributed by atoms with Crippen molar-refractivity contribution in [3.8, 4) is 5.75 Å². The first-order valence-corrected chi connectivity index (χ1v) is 4.19. The van der Waals surface area contributed by atoms with E-state index in [4.69, 9.17) is 27.9 Å². The van der Waals surface area contributed by atoms with Gasteiger partial charge < -0.3 is 10.1 Å². The zero-order valence-corrected chi connectivity index (χ0v) is 8.32. The van der Waals surface area contributed by atoms with E-state index in [0.717, 1.165) is 0 Å². The predicted molar refractivity (Wildman–Crippen MR) is 52.9 cm³/mol. The number of benzene rings is 1. The summed E-state index contributed by atoms with van der Waals surface area (Å²) in [5.41, 5.74) is 0.533. The molecule has 0 heterocycles. The lowest BCUT2D eigenvalue weighted by Crippen LogP contribution is -2.00. The molecule has 0 aliphatic rings. The minimum Gasteiger partial charge on any atom is -0.495 e. The summed E-state index contributed by atoms with van der Waals surface area (Å²) in [6, 6.07) is 4.84. The van der Waals surface area contributed by atoms with Gasteiger partial charge in [0.05, 0.1) is 12.1 Å². The Morgan fingerprint density at radius 3 is 2.69 bits per heavy atom. The van der Waals surface area contributed by atoms with E-state index < -0.39 is 5.37 Å². The maximum atomic E-state index is 10.5. The van der Waals surface area contributed by atoms with Gasteiger partial charge in [0.15, 0.2) is 0 Å². The molecule has 1 amide bonds. The lowest BCUT2D eigenvalue weighted by atomic mass is 10.3. The van der Waals surface area contributed by atoms with E-state index in [1.807, 2.05) is 0 Å². The van der Waals surface area contributed by atoms with Gasteiger partial charge in [-0.05, 0) is 29.8 Å². The van der Waals surface area contributed by atoms with Crippen LogP contribution in [0.2, 0.25) is 5.02 Å². The van der Waals surface area contributed by atoms with Crippen molar-refractivity contribution in [3.05, 3.63) is 23.2 Å². The fraction of sp³-hybridized carbons (Fsp3) is 0.125. The molecule has 0 radical (unpaired) electrons. The number of anilines is 1. The third-order valence-electron chi connectivity index (χ3n) is 1.39. The fourth-order valence-electron chi connectivity index (χ4n) is 0.858. The fourth-order valence-corrected chi connectivity index (χ4v) is 1.22. The van der Waals surface area contributed by atoms with E-state index in [2.05, 4.69) is 5.32 Å². The zero-order chi connectivity index (χ0) is 9.84. The molecule has 5 heteroatoms. The molecule has 1 aromatic rings. The molecule has 0 saturated heterocycles. The topological polar surface area (TPSA) is 38.3 Å². The van der Waals surface area contributed by atoms with Crippen LogP contribution in [0, 0.1) is 0 Å². The molecule has 13 heavy (non-hydrogen) atoms. The monoisotopic (exact) mass is 219 g/mol. The Morgan fingerprint density at radius 2 is 2.23 bits per heavy atom. The highest BCUT2D eigenvalue weighted by molar-refractivity contribution is 6.65. The van der Waals surface area contributed by atoms with Crippen LogP contribution in [0.15, 0.2) is 18.2 Å². The number of amides is 1. The van der Waals surface area contributed by atoms with Gasteiger partial charge in [0.2, 0.25) is 0 Å². The van der Waals surface area contributed by atoms with Gasteiger partial charge in [-0.15, -0.1) is 0 Å². The van der Waals surface area contributed by atoms with E-state index >= 15 is 0 Å². The van der Waals surface area contributed by atoms with Gasteiger partial charge in [0, 0.05) is 5.69 Å². The smallest absolute Gasteiger partial charge is 0.318 e. The van der Waals surface area contributed by atoms with Crippen molar-refractivity contribution in [2.45, 2.75) is 0 Å². The average molecular weight is 220 g/mol. The number of nitrogens with one attached hydrogen (secondary N) is 1. The van der Waals surface area contributed by atoms with Crippen molar-refractivity contribution in [1.29, 1.82) is 0 Å². The largest absolute Gasteiger partial charge is 0.495 e. The second kappa shape index (κ2) is 4.35. The van der Waals surface area contributed by atoms with Crippen molar-refractivity contribution in [3.63, 3.8) is 0 Å². The third-order valence-corrected chi connectivity index (χ3v) is 1.78. The molecule has 0 spiro atoms. The number of carbonyl (C=O) groups excluding carboxylic acids is 1. The Balaban J connectivity index is 2.89. The lowest BCUT2D eigenvalue weighted by molar-refractivity contribution is 0.269. The van der Waals surface area contributed by atoms with Crippen LogP contribution in [0.1, 0.15) is 0 Å². The molecule has 0 unspecified atom stereocenters. The Morgan fingerprint density at radius 1 is 1.54 bits per heavy atom. The molecule has 0 aliphatic heterocycles. The van der Waals surface area contributed by atoms with Crippen molar-refractivity contribution < 1.29 is 9.53 Å². The number of ether oxygens (including phenoxy) is 1. The number of hydrogen-bond donors (Lipinski definition) is 1. The van der Waals surface area contributed by atoms with Gasteiger partial charge in [0.1, 0.15) is 5.75 Å². The van der Waals surface area contributed by atoms with Crippen molar-refractivity contribution in [2.24, 2.45) is 0 Å². The second-order valence-electron chi connectivity index (χ2n) is 2.25. The maximum absolute atomic E-state index is 10.5. The predicted octanol–water partition coefficient (Wildman–Crippen LogP) is 3.12. The number of hydrogen-bond acceptors (Lipinski definition) is 2. The number of methoxy groups -OCH3 is 1. The van der Waals surface area contributed by atoms with Crippen molar-refractivity contribution in [2.75, 3.05) is 12.4 Å². The SMILES string of the molecule is COc1ccc(NC(=O)Cl)cc1Cl. The number of carbonyl (C=O) groups is 1. The Hall–Kier alpha value is -0.930. The van der Waals surface area contributed by atoms with Gasteiger partial charge in [-0.25, -0.2) is 0 Å². The van der Waals surface area contributed by atoms with Gasteiger partial charge in [0.25, 0.3) is 0 Å². The first kappa shape index (κ1) is 10.2. The highest BCUT2D eigenvalue weighted by atomic mass is 35.5. The number of rotatable bonds is 2. The highest BCUT2D eigenvalue weighted by Gasteiger charge is 2.02. The molecule has 1 N–H and O–H groups in total. The summed E-state index contributed by atoms with van der Waals surface area (Å²) >= 11 is 10.9. The standard InChI is InChI=1S/C8H7Cl2NO2/c1-13-7-3-2-5(4-6(7)9)11-8(10)12/h2-4H,1H3,(H,11,12). The van der Waals surface area contributed by atoms with Gasteiger partial charge in [-0.2, -0.15) is 0 Å². The normalized spacial score (nSPS) is 9.46. The first-order chi connectivity index (χ1) is 6.13. The van der Waals surface area contributed by atoms with Gasteiger partial charge >= 0.3 is 5.37 Å². The molecule has 1 aromatic carbocycles. The molecule has 0 bridgehead atoms. The van der Waals surface area contributed by atoms with E-state index in [1.54, 1.807) is 18.2 Å². The molecule has 0 fully saturated rings. The van der Waals surface area contributed by atoms with Crippen LogP contribution in [-0.4, -0.2) is 12.5 Å². The zero-order valence-electron chi connectivity index (χ0n) is 6.80. The number of halogens is 2. The minimum atomic E-state index is -0.652. The molecular formula is C8H7Cl2NO2. The van der Waals surface area contributed by atoms with Gasteiger partial charge in [-0.1, -0.05) is 11.6 Å². The quantitative estimate of drug-likeness (QED) is 0.614. The Labute approximate surface area is 85.6 Å². The van der Waals surface area contributed by atoms with E-state index in [1.165, 1.54) is 7.11 Å². The average Bonchev–Trinajstić information content (AvgIpc) is 2.03. The summed E-state index contributed by atoms with van der Waals surface area (Å²) in [4.78, 5) is 10.5. The van der Waals surface area contributed by atoms with E-state index in [0.29, 0.717) is 16.5 Å². The second-order valence-corrected chi connectivity index (χ2v) is 3.00.